The Hall–Kier alpha value is -2.41. The molecular weight excluding hydrogens is 296 g/mol. The van der Waals surface area contributed by atoms with Gasteiger partial charge < -0.3 is 10.6 Å². The lowest BCUT2D eigenvalue weighted by molar-refractivity contribution is -0.125. The molecule has 3 rings (SSSR count). The fourth-order valence-electron chi connectivity index (χ4n) is 2.57. The average molecular weight is 316 g/mol. The Labute approximate surface area is 134 Å². The van der Waals surface area contributed by atoms with Gasteiger partial charge in [-0.05, 0) is 32.0 Å². The molecule has 7 heteroatoms. The molecule has 0 unspecified atom stereocenters. The van der Waals surface area contributed by atoms with Crippen molar-refractivity contribution < 1.29 is 14.4 Å². The maximum absolute atomic E-state index is 12.5. The fraction of sp³-hybridized carbons (Fsp3) is 0.438. The first-order valence-electron chi connectivity index (χ1n) is 7.70. The van der Waals surface area contributed by atoms with E-state index in [4.69, 9.17) is 0 Å². The van der Waals surface area contributed by atoms with Crippen LogP contribution >= 0.6 is 0 Å². The third-order valence-corrected chi connectivity index (χ3v) is 3.83. The third kappa shape index (κ3) is 3.87. The van der Waals surface area contributed by atoms with Gasteiger partial charge in [0.1, 0.15) is 6.54 Å². The molecule has 3 amide bonds. The minimum absolute atomic E-state index is 0.00203. The standard InChI is InChI=1S/C16H20N4O3/c1-19(8-14(21)17-11-6-7-11)10-16(23)20-9-15(22)18-12-4-2-3-5-13(12)20/h2-5,11H,6-10H2,1H3,(H,17,21)(H,18,22). The zero-order chi connectivity index (χ0) is 16.4. The van der Waals surface area contributed by atoms with Crippen molar-refractivity contribution in [2.24, 2.45) is 0 Å². The molecule has 1 aliphatic carbocycles. The summed E-state index contributed by atoms with van der Waals surface area (Å²) in [7, 11) is 1.72. The van der Waals surface area contributed by atoms with Gasteiger partial charge in [-0.25, -0.2) is 0 Å². The summed E-state index contributed by atoms with van der Waals surface area (Å²) in [5.41, 5.74) is 1.32. The van der Waals surface area contributed by atoms with E-state index in [0.29, 0.717) is 17.4 Å². The van der Waals surface area contributed by atoms with Crippen molar-refractivity contribution in [3.05, 3.63) is 24.3 Å². The Morgan fingerprint density at radius 2 is 2.04 bits per heavy atom. The molecule has 2 aliphatic rings. The first-order valence-corrected chi connectivity index (χ1v) is 7.70. The van der Waals surface area contributed by atoms with Gasteiger partial charge in [0.25, 0.3) is 0 Å². The molecule has 2 N–H and O–H groups in total. The van der Waals surface area contributed by atoms with Gasteiger partial charge in [0.05, 0.1) is 24.5 Å². The van der Waals surface area contributed by atoms with Gasteiger partial charge in [-0.2, -0.15) is 0 Å². The lowest BCUT2D eigenvalue weighted by atomic mass is 10.2. The lowest BCUT2D eigenvalue weighted by Crippen LogP contribution is -2.47. The van der Waals surface area contributed by atoms with E-state index in [9.17, 15) is 14.4 Å². The highest BCUT2D eigenvalue weighted by Gasteiger charge is 2.28. The molecule has 1 aromatic carbocycles. The molecule has 0 atom stereocenters. The summed E-state index contributed by atoms with van der Waals surface area (Å²) in [5.74, 6) is -0.486. The molecule has 1 saturated carbocycles. The third-order valence-electron chi connectivity index (χ3n) is 3.83. The van der Waals surface area contributed by atoms with Gasteiger partial charge in [0.2, 0.25) is 17.7 Å². The van der Waals surface area contributed by atoms with Crippen molar-refractivity contribution in [2.45, 2.75) is 18.9 Å². The number of rotatable bonds is 5. The summed E-state index contributed by atoms with van der Waals surface area (Å²) < 4.78 is 0. The molecule has 0 aromatic heterocycles. The summed E-state index contributed by atoms with van der Waals surface area (Å²) in [5, 5.41) is 5.64. The Morgan fingerprint density at radius 3 is 2.78 bits per heavy atom. The predicted octanol–water partition coefficient (Wildman–Crippen LogP) is 0.182. The maximum atomic E-state index is 12.5. The second kappa shape index (κ2) is 6.37. The van der Waals surface area contributed by atoms with E-state index in [-0.39, 0.29) is 37.4 Å². The number of carbonyl (C=O) groups excluding carboxylic acids is 3. The van der Waals surface area contributed by atoms with Crippen LogP contribution in [0, 0.1) is 0 Å². The number of carbonyl (C=O) groups is 3. The molecule has 122 valence electrons. The van der Waals surface area contributed by atoms with Gasteiger partial charge in [-0.15, -0.1) is 0 Å². The molecule has 0 bridgehead atoms. The zero-order valence-corrected chi connectivity index (χ0v) is 13.0. The van der Waals surface area contributed by atoms with Crippen molar-refractivity contribution in [1.82, 2.24) is 10.2 Å². The predicted molar refractivity (Wildman–Crippen MR) is 86.1 cm³/mol. The highest BCUT2D eigenvalue weighted by Crippen LogP contribution is 2.28. The summed E-state index contributed by atoms with van der Waals surface area (Å²) in [6.07, 6.45) is 2.07. The van der Waals surface area contributed by atoms with Crippen LogP contribution in [0.3, 0.4) is 0 Å². The van der Waals surface area contributed by atoms with E-state index in [1.807, 2.05) is 6.07 Å². The second-order valence-corrected chi connectivity index (χ2v) is 6.06. The number of nitrogens with zero attached hydrogens (tertiary/aromatic N) is 2. The molecule has 1 heterocycles. The van der Waals surface area contributed by atoms with E-state index in [0.717, 1.165) is 12.8 Å². The number of anilines is 2. The van der Waals surface area contributed by atoms with Crippen molar-refractivity contribution in [3.63, 3.8) is 0 Å². The molecule has 1 aliphatic heterocycles. The summed E-state index contributed by atoms with van der Waals surface area (Å²) >= 11 is 0. The number of para-hydroxylation sites is 2. The normalized spacial score (nSPS) is 16.8. The average Bonchev–Trinajstić information content (AvgIpc) is 3.29. The van der Waals surface area contributed by atoms with Gasteiger partial charge >= 0.3 is 0 Å². The van der Waals surface area contributed by atoms with Crippen molar-refractivity contribution in [2.75, 3.05) is 36.9 Å². The largest absolute Gasteiger partial charge is 0.352 e. The number of hydrogen-bond acceptors (Lipinski definition) is 4. The Bertz CT molecular complexity index is 642. The number of likely N-dealkylation sites (N-methyl/N-ethyl adjacent to an activating group) is 1. The van der Waals surface area contributed by atoms with Crippen LogP contribution in [0.1, 0.15) is 12.8 Å². The van der Waals surface area contributed by atoms with E-state index < -0.39 is 0 Å². The number of hydrogen-bond donors (Lipinski definition) is 2. The number of nitrogens with one attached hydrogen (secondary N) is 2. The number of fused-ring (bicyclic) bond motifs is 1. The molecule has 1 aromatic rings. The van der Waals surface area contributed by atoms with Crippen LogP contribution < -0.4 is 15.5 Å². The van der Waals surface area contributed by atoms with E-state index in [2.05, 4.69) is 10.6 Å². The van der Waals surface area contributed by atoms with E-state index in [1.54, 1.807) is 30.1 Å². The Balaban J connectivity index is 1.61. The highest BCUT2D eigenvalue weighted by atomic mass is 16.2. The quantitative estimate of drug-likeness (QED) is 0.812. The summed E-state index contributed by atoms with van der Waals surface area (Å²) in [6.45, 7) is 0.252. The zero-order valence-electron chi connectivity index (χ0n) is 13.0. The maximum Gasteiger partial charge on any atom is 0.244 e. The molecule has 0 radical (unpaired) electrons. The Morgan fingerprint density at radius 1 is 1.30 bits per heavy atom. The van der Waals surface area contributed by atoms with Gasteiger partial charge in [0, 0.05) is 6.04 Å². The van der Waals surface area contributed by atoms with Crippen molar-refractivity contribution in [3.8, 4) is 0 Å². The SMILES string of the molecule is CN(CC(=O)NC1CC1)CC(=O)N1CC(=O)Nc2ccccc21. The van der Waals surface area contributed by atoms with Crippen LogP contribution in [0.4, 0.5) is 11.4 Å². The van der Waals surface area contributed by atoms with Gasteiger partial charge in [0.15, 0.2) is 0 Å². The highest BCUT2D eigenvalue weighted by molar-refractivity contribution is 6.10. The molecule has 7 nitrogen and oxygen atoms in total. The number of benzene rings is 1. The van der Waals surface area contributed by atoms with Gasteiger partial charge in [-0.3, -0.25) is 24.2 Å². The van der Waals surface area contributed by atoms with Crippen LogP contribution in [0.2, 0.25) is 0 Å². The number of amides is 3. The van der Waals surface area contributed by atoms with Crippen LogP contribution in [0.5, 0.6) is 0 Å². The smallest absolute Gasteiger partial charge is 0.244 e. The molecule has 0 spiro atoms. The van der Waals surface area contributed by atoms with E-state index in [1.165, 1.54) is 4.90 Å². The van der Waals surface area contributed by atoms with Crippen molar-refractivity contribution in [1.29, 1.82) is 0 Å². The Kier molecular flexibility index (Phi) is 4.29. The molecule has 23 heavy (non-hydrogen) atoms. The first kappa shape index (κ1) is 15.5. The topological polar surface area (TPSA) is 81.8 Å². The second-order valence-electron chi connectivity index (χ2n) is 6.06. The fourth-order valence-corrected chi connectivity index (χ4v) is 2.57. The van der Waals surface area contributed by atoms with Crippen LogP contribution in [-0.2, 0) is 14.4 Å². The van der Waals surface area contributed by atoms with Crippen LogP contribution in [0.15, 0.2) is 24.3 Å². The molecule has 0 saturated heterocycles. The monoisotopic (exact) mass is 316 g/mol. The minimum atomic E-state index is -0.217. The molecule has 1 fully saturated rings. The van der Waals surface area contributed by atoms with Crippen molar-refractivity contribution >= 4 is 29.1 Å². The van der Waals surface area contributed by atoms with Gasteiger partial charge in [-0.1, -0.05) is 12.1 Å². The van der Waals surface area contributed by atoms with E-state index >= 15 is 0 Å². The van der Waals surface area contributed by atoms with Crippen LogP contribution in [0.25, 0.3) is 0 Å². The lowest BCUT2D eigenvalue weighted by Gasteiger charge is -2.30. The summed E-state index contributed by atoms with van der Waals surface area (Å²) in [4.78, 5) is 39.1. The molecular formula is C16H20N4O3. The first-order chi connectivity index (χ1) is 11.0. The minimum Gasteiger partial charge on any atom is -0.352 e. The van der Waals surface area contributed by atoms with Crippen LogP contribution in [-0.4, -0.2) is 55.3 Å². The summed E-state index contributed by atoms with van der Waals surface area (Å²) in [6, 6.07) is 7.50.